The number of hydrogen-bond donors (Lipinski definition) is 2. The first-order valence-electron chi connectivity index (χ1n) is 4.88. The third kappa shape index (κ3) is 5.58. The number of rotatable bonds is 5. The molecule has 0 spiro atoms. The predicted molar refractivity (Wildman–Crippen MR) is 66.0 cm³/mol. The lowest BCUT2D eigenvalue weighted by molar-refractivity contribution is -0.123. The van der Waals surface area contributed by atoms with Gasteiger partial charge in [0, 0.05) is 13.1 Å². The summed E-state index contributed by atoms with van der Waals surface area (Å²) in [6, 6.07) is 7.57. The van der Waals surface area contributed by atoms with E-state index in [9.17, 15) is 4.79 Å². The predicted octanol–water partition coefficient (Wildman–Crippen LogP) is 0.871. The number of carbonyl (C=O) groups excluding carboxylic acids is 1. The Morgan fingerprint density at radius 3 is 2.88 bits per heavy atom. The molecule has 5 heteroatoms. The van der Waals surface area contributed by atoms with E-state index in [1.807, 2.05) is 31.2 Å². The Labute approximate surface area is 102 Å². The molecule has 0 aliphatic carbocycles. The van der Waals surface area contributed by atoms with Gasteiger partial charge in [-0.2, -0.15) is 0 Å². The molecule has 0 aromatic heterocycles. The van der Waals surface area contributed by atoms with Crippen LogP contribution in [0.1, 0.15) is 5.56 Å². The average Bonchev–Trinajstić information content (AvgIpc) is 2.23. The van der Waals surface area contributed by atoms with Gasteiger partial charge in [-0.3, -0.25) is 4.79 Å². The maximum absolute atomic E-state index is 11.2. The van der Waals surface area contributed by atoms with Crippen molar-refractivity contribution >= 4 is 18.3 Å². The highest BCUT2D eigenvalue weighted by atomic mass is 35.5. The molecule has 0 fully saturated rings. The first-order chi connectivity index (χ1) is 7.22. The molecule has 1 aromatic carbocycles. The molecular weight excluding hydrogens is 228 g/mol. The normalized spacial score (nSPS) is 9.12. The summed E-state index contributed by atoms with van der Waals surface area (Å²) in [7, 11) is 0. The van der Waals surface area contributed by atoms with Crippen molar-refractivity contribution in [2.45, 2.75) is 6.92 Å². The Balaban J connectivity index is 0.00000225. The Morgan fingerprint density at radius 2 is 2.25 bits per heavy atom. The first kappa shape index (κ1) is 14.7. The van der Waals surface area contributed by atoms with Crippen LogP contribution in [0.5, 0.6) is 5.75 Å². The maximum Gasteiger partial charge on any atom is 0.257 e. The van der Waals surface area contributed by atoms with Gasteiger partial charge in [0.15, 0.2) is 6.61 Å². The lowest BCUT2D eigenvalue weighted by Gasteiger charge is -2.06. The fraction of sp³-hybridized carbons (Fsp3) is 0.364. The molecule has 3 N–H and O–H groups in total. The van der Waals surface area contributed by atoms with Gasteiger partial charge in [0.1, 0.15) is 5.75 Å². The largest absolute Gasteiger partial charge is 0.484 e. The summed E-state index contributed by atoms with van der Waals surface area (Å²) in [5.74, 6) is 0.555. The quantitative estimate of drug-likeness (QED) is 0.808. The van der Waals surface area contributed by atoms with Gasteiger partial charge in [0.25, 0.3) is 5.91 Å². The summed E-state index contributed by atoms with van der Waals surface area (Å²) < 4.78 is 5.29. The molecule has 0 saturated carbocycles. The zero-order chi connectivity index (χ0) is 11.1. The molecule has 0 unspecified atom stereocenters. The smallest absolute Gasteiger partial charge is 0.257 e. The third-order valence-corrected chi connectivity index (χ3v) is 1.83. The van der Waals surface area contributed by atoms with Crippen LogP contribution in [0.4, 0.5) is 0 Å². The second kappa shape index (κ2) is 7.96. The molecule has 0 aliphatic rings. The summed E-state index contributed by atoms with van der Waals surface area (Å²) in [5.41, 5.74) is 6.35. The summed E-state index contributed by atoms with van der Waals surface area (Å²) in [6.45, 7) is 2.93. The van der Waals surface area contributed by atoms with Gasteiger partial charge in [-0.1, -0.05) is 12.1 Å². The standard InChI is InChI=1S/C11H16N2O2.ClH/c1-9-3-2-4-10(7-9)15-8-11(14)13-6-5-12;/h2-4,7H,5-6,8,12H2,1H3,(H,13,14);1H. The second-order valence-corrected chi connectivity index (χ2v) is 3.24. The van der Waals surface area contributed by atoms with Crippen molar-refractivity contribution in [3.05, 3.63) is 29.8 Å². The number of aryl methyl sites for hydroxylation is 1. The molecule has 1 amide bonds. The highest BCUT2D eigenvalue weighted by Crippen LogP contribution is 2.11. The van der Waals surface area contributed by atoms with Gasteiger partial charge in [0.05, 0.1) is 0 Å². The summed E-state index contributed by atoms with van der Waals surface area (Å²) in [4.78, 5) is 11.2. The molecule has 0 saturated heterocycles. The van der Waals surface area contributed by atoms with E-state index in [0.717, 1.165) is 5.56 Å². The van der Waals surface area contributed by atoms with Crippen molar-refractivity contribution < 1.29 is 9.53 Å². The Hall–Kier alpha value is -1.26. The van der Waals surface area contributed by atoms with Crippen LogP contribution >= 0.6 is 12.4 Å². The van der Waals surface area contributed by atoms with Crippen molar-refractivity contribution in [2.24, 2.45) is 5.73 Å². The minimum absolute atomic E-state index is 0. The number of carbonyl (C=O) groups is 1. The molecule has 90 valence electrons. The van der Waals surface area contributed by atoms with Gasteiger partial charge >= 0.3 is 0 Å². The van der Waals surface area contributed by atoms with E-state index in [1.165, 1.54) is 0 Å². The zero-order valence-electron chi connectivity index (χ0n) is 9.23. The second-order valence-electron chi connectivity index (χ2n) is 3.24. The van der Waals surface area contributed by atoms with Crippen molar-refractivity contribution in [3.8, 4) is 5.75 Å². The van der Waals surface area contributed by atoms with Crippen LogP contribution in [0.15, 0.2) is 24.3 Å². The molecule has 1 aromatic rings. The molecule has 0 aliphatic heterocycles. The molecular formula is C11H17ClN2O2. The number of benzene rings is 1. The van der Waals surface area contributed by atoms with Crippen LogP contribution < -0.4 is 15.8 Å². The summed E-state index contributed by atoms with van der Waals surface area (Å²) in [5, 5.41) is 2.63. The first-order valence-corrected chi connectivity index (χ1v) is 4.88. The molecule has 1 rings (SSSR count). The monoisotopic (exact) mass is 244 g/mol. The van der Waals surface area contributed by atoms with Crippen molar-refractivity contribution in [3.63, 3.8) is 0 Å². The van der Waals surface area contributed by atoms with E-state index in [-0.39, 0.29) is 24.9 Å². The molecule has 0 heterocycles. The van der Waals surface area contributed by atoms with E-state index >= 15 is 0 Å². The lowest BCUT2D eigenvalue weighted by atomic mass is 10.2. The topological polar surface area (TPSA) is 64.3 Å². The van der Waals surface area contributed by atoms with Crippen LogP contribution in [-0.2, 0) is 4.79 Å². The molecule has 0 radical (unpaired) electrons. The van der Waals surface area contributed by atoms with E-state index in [4.69, 9.17) is 10.5 Å². The fourth-order valence-electron chi connectivity index (χ4n) is 1.12. The third-order valence-electron chi connectivity index (χ3n) is 1.83. The van der Waals surface area contributed by atoms with Crippen LogP contribution in [0.2, 0.25) is 0 Å². The molecule has 4 nitrogen and oxygen atoms in total. The van der Waals surface area contributed by atoms with Crippen molar-refractivity contribution in [1.29, 1.82) is 0 Å². The number of ether oxygens (including phenoxy) is 1. The number of halogens is 1. The highest BCUT2D eigenvalue weighted by Gasteiger charge is 2.01. The molecule has 16 heavy (non-hydrogen) atoms. The van der Waals surface area contributed by atoms with Gasteiger partial charge in [-0.25, -0.2) is 0 Å². The van der Waals surface area contributed by atoms with E-state index in [2.05, 4.69) is 5.32 Å². The number of nitrogens with two attached hydrogens (primary N) is 1. The maximum atomic E-state index is 11.2. The highest BCUT2D eigenvalue weighted by molar-refractivity contribution is 5.85. The van der Waals surface area contributed by atoms with E-state index in [1.54, 1.807) is 0 Å². The summed E-state index contributed by atoms with van der Waals surface area (Å²) >= 11 is 0. The van der Waals surface area contributed by atoms with Crippen LogP contribution in [0.3, 0.4) is 0 Å². The Bertz CT molecular complexity index is 332. The molecule has 0 bridgehead atoms. The van der Waals surface area contributed by atoms with E-state index in [0.29, 0.717) is 18.8 Å². The Kier molecular flexibility index (Phi) is 7.33. The van der Waals surface area contributed by atoms with E-state index < -0.39 is 0 Å². The van der Waals surface area contributed by atoms with Crippen LogP contribution in [0.25, 0.3) is 0 Å². The summed E-state index contributed by atoms with van der Waals surface area (Å²) in [6.07, 6.45) is 0. The Morgan fingerprint density at radius 1 is 1.50 bits per heavy atom. The average molecular weight is 245 g/mol. The van der Waals surface area contributed by atoms with Gasteiger partial charge in [-0.05, 0) is 24.6 Å². The molecule has 0 atom stereocenters. The van der Waals surface area contributed by atoms with Crippen molar-refractivity contribution in [1.82, 2.24) is 5.32 Å². The van der Waals surface area contributed by atoms with Gasteiger partial charge in [0.2, 0.25) is 0 Å². The van der Waals surface area contributed by atoms with Crippen LogP contribution in [0, 0.1) is 6.92 Å². The minimum Gasteiger partial charge on any atom is -0.484 e. The van der Waals surface area contributed by atoms with Crippen LogP contribution in [-0.4, -0.2) is 25.6 Å². The van der Waals surface area contributed by atoms with Crippen molar-refractivity contribution in [2.75, 3.05) is 19.7 Å². The number of nitrogens with one attached hydrogen (secondary N) is 1. The number of amides is 1. The SMILES string of the molecule is Cc1cccc(OCC(=O)NCCN)c1.Cl. The zero-order valence-corrected chi connectivity index (χ0v) is 10.0. The lowest BCUT2D eigenvalue weighted by Crippen LogP contribution is -2.32. The minimum atomic E-state index is -0.151. The number of hydrogen-bond acceptors (Lipinski definition) is 3. The van der Waals surface area contributed by atoms with Gasteiger partial charge < -0.3 is 15.8 Å². The fourth-order valence-corrected chi connectivity index (χ4v) is 1.12. The van der Waals surface area contributed by atoms with Gasteiger partial charge in [-0.15, -0.1) is 12.4 Å².